The molecular formula is C9H10BrClO. The summed E-state index contributed by atoms with van der Waals surface area (Å²) in [5, 5.41) is 0. The van der Waals surface area contributed by atoms with Crippen molar-refractivity contribution in [2.24, 2.45) is 0 Å². The number of alkyl halides is 2. The van der Waals surface area contributed by atoms with Gasteiger partial charge >= 0.3 is 0 Å². The predicted octanol–water partition coefficient (Wildman–Crippen LogP) is 3.07. The van der Waals surface area contributed by atoms with Crippen LogP contribution in [0.15, 0.2) is 30.3 Å². The van der Waals surface area contributed by atoms with E-state index in [0.29, 0.717) is 12.5 Å². The van der Waals surface area contributed by atoms with Crippen molar-refractivity contribution in [2.45, 2.75) is 4.83 Å². The van der Waals surface area contributed by atoms with Gasteiger partial charge in [0, 0.05) is 5.88 Å². The number of halogens is 2. The molecular weight excluding hydrogens is 239 g/mol. The normalized spacial score (nSPS) is 12.5. The van der Waals surface area contributed by atoms with Crippen molar-refractivity contribution in [2.75, 3.05) is 12.5 Å². The summed E-state index contributed by atoms with van der Waals surface area (Å²) in [5.74, 6) is 1.44. The van der Waals surface area contributed by atoms with Crippen molar-refractivity contribution < 1.29 is 4.74 Å². The number of rotatable bonds is 4. The lowest BCUT2D eigenvalue weighted by Crippen LogP contribution is -2.12. The minimum absolute atomic E-state index is 0.222. The Kier molecular flexibility index (Phi) is 4.48. The van der Waals surface area contributed by atoms with E-state index in [2.05, 4.69) is 15.9 Å². The molecule has 1 rings (SSSR count). The Morgan fingerprint density at radius 1 is 1.33 bits per heavy atom. The minimum Gasteiger partial charge on any atom is -0.492 e. The summed E-state index contributed by atoms with van der Waals surface area (Å²) in [4.78, 5) is 0.222. The molecule has 0 aliphatic carbocycles. The first kappa shape index (κ1) is 9.87. The van der Waals surface area contributed by atoms with Crippen LogP contribution in [0.1, 0.15) is 0 Å². The molecule has 0 fully saturated rings. The van der Waals surface area contributed by atoms with Crippen LogP contribution in [0.4, 0.5) is 0 Å². The largest absolute Gasteiger partial charge is 0.492 e. The Morgan fingerprint density at radius 3 is 2.58 bits per heavy atom. The van der Waals surface area contributed by atoms with Gasteiger partial charge in [-0.15, -0.1) is 11.6 Å². The van der Waals surface area contributed by atoms with Gasteiger partial charge in [-0.2, -0.15) is 0 Å². The molecule has 0 bridgehead atoms. The van der Waals surface area contributed by atoms with Gasteiger partial charge in [0.2, 0.25) is 0 Å². The van der Waals surface area contributed by atoms with Gasteiger partial charge in [-0.3, -0.25) is 0 Å². The average Bonchev–Trinajstić information content (AvgIpc) is 2.16. The molecule has 3 heteroatoms. The van der Waals surface area contributed by atoms with E-state index in [9.17, 15) is 0 Å². The molecule has 0 aliphatic rings. The maximum atomic E-state index is 5.59. The van der Waals surface area contributed by atoms with Crippen LogP contribution in [0.5, 0.6) is 5.75 Å². The van der Waals surface area contributed by atoms with Crippen LogP contribution < -0.4 is 4.74 Å². The summed E-state index contributed by atoms with van der Waals surface area (Å²) in [7, 11) is 0. The molecule has 1 aromatic rings. The lowest BCUT2D eigenvalue weighted by atomic mass is 10.3. The lowest BCUT2D eigenvalue weighted by molar-refractivity contribution is 0.325. The van der Waals surface area contributed by atoms with E-state index in [0.717, 1.165) is 5.75 Å². The van der Waals surface area contributed by atoms with Crippen molar-refractivity contribution in [3.63, 3.8) is 0 Å². The van der Waals surface area contributed by atoms with E-state index < -0.39 is 0 Å². The highest BCUT2D eigenvalue weighted by atomic mass is 79.9. The number of hydrogen-bond acceptors (Lipinski definition) is 1. The summed E-state index contributed by atoms with van der Waals surface area (Å²) in [6.45, 7) is 0.605. The van der Waals surface area contributed by atoms with Gasteiger partial charge < -0.3 is 4.74 Å². The van der Waals surface area contributed by atoms with Gasteiger partial charge in [-0.1, -0.05) is 34.1 Å². The summed E-state index contributed by atoms with van der Waals surface area (Å²) in [6.07, 6.45) is 0. The van der Waals surface area contributed by atoms with Crippen molar-refractivity contribution in [3.05, 3.63) is 30.3 Å². The molecule has 1 nitrogen and oxygen atoms in total. The number of ether oxygens (including phenoxy) is 1. The van der Waals surface area contributed by atoms with Crippen LogP contribution in [0, 0.1) is 0 Å². The van der Waals surface area contributed by atoms with E-state index in [4.69, 9.17) is 16.3 Å². The fraction of sp³-hybridized carbons (Fsp3) is 0.333. The maximum absolute atomic E-state index is 5.59. The molecule has 66 valence electrons. The molecule has 0 saturated carbocycles. The van der Waals surface area contributed by atoms with E-state index in [1.807, 2.05) is 30.3 Å². The summed E-state index contributed by atoms with van der Waals surface area (Å²) in [5.41, 5.74) is 0. The molecule has 1 unspecified atom stereocenters. The molecule has 0 aliphatic heterocycles. The van der Waals surface area contributed by atoms with E-state index >= 15 is 0 Å². The molecule has 0 amide bonds. The van der Waals surface area contributed by atoms with Crippen molar-refractivity contribution in [1.82, 2.24) is 0 Å². The van der Waals surface area contributed by atoms with Crippen LogP contribution in [-0.2, 0) is 0 Å². The van der Waals surface area contributed by atoms with E-state index in [1.54, 1.807) is 0 Å². The quantitative estimate of drug-likeness (QED) is 0.745. The monoisotopic (exact) mass is 248 g/mol. The first-order valence-electron chi connectivity index (χ1n) is 3.71. The van der Waals surface area contributed by atoms with Crippen LogP contribution >= 0.6 is 27.5 Å². The van der Waals surface area contributed by atoms with Crippen LogP contribution in [0.3, 0.4) is 0 Å². The second kappa shape index (κ2) is 5.44. The van der Waals surface area contributed by atoms with E-state index in [1.165, 1.54) is 0 Å². The highest BCUT2D eigenvalue weighted by Crippen LogP contribution is 2.10. The Bertz CT molecular complexity index is 215. The SMILES string of the molecule is ClCC(Br)COc1ccccc1. The topological polar surface area (TPSA) is 9.23 Å². The minimum atomic E-state index is 0.222. The maximum Gasteiger partial charge on any atom is 0.119 e. The second-order valence-corrected chi connectivity index (χ2v) is 3.98. The summed E-state index contributed by atoms with van der Waals surface area (Å²) in [6, 6.07) is 9.69. The van der Waals surface area contributed by atoms with Gasteiger partial charge in [0.1, 0.15) is 12.4 Å². The fourth-order valence-electron chi connectivity index (χ4n) is 0.748. The van der Waals surface area contributed by atoms with Crippen molar-refractivity contribution >= 4 is 27.5 Å². The molecule has 0 N–H and O–H groups in total. The third-order valence-electron chi connectivity index (χ3n) is 1.34. The van der Waals surface area contributed by atoms with Crippen LogP contribution in [0.2, 0.25) is 0 Å². The predicted molar refractivity (Wildman–Crippen MR) is 55.4 cm³/mol. The highest BCUT2D eigenvalue weighted by Gasteiger charge is 2.01. The Morgan fingerprint density at radius 2 is 2.00 bits per heavy atom. The van der Waals surface area contributed by atoms with Crippen LogP contribution in [-0.4, -0.2) is 17.3 Å². The first-order valence-corrected chi connectivity index (χ1v) is 5.16. The van der Waals surface area contributed by atoms with Crippen molar-refractivity contribution in [1.29, 1.82) is 0 Å². The summed E-state index contributed by atoms with van der Waals surface area (Å²) >= 11 is 8.97. The van der Waals surface area contributed by atoms with Gasteiger partial charge in [0.05, 0.1) is 4.83 Å². The Hall–Kier alpha value is -0.210. The number of benzene rings is 1. The Balaban J connectivity index is 2.33. The molecule has 0 heterocycles. The molecule has 0 aromatic heterocycles. The average molecular weight is 250 g/mol. The summed E-state index contributed by atoms with van der Waals surface area (Å²) < 4.78 is 5.43. The lowest BCUT2D eigenvalue weighted by Gasteiger charge is -2.08. The standard InChI is InChI=1S/C9H10BrClO/c10-8(6-11)7-12-9-4-2-1-3-5-9/h1-5,8H,6-7H2. The third kappa shape index (κ3) is 3.46. The number of para-hydroxylation sites is 1. The third-order valence-corrected chi connectivity index (χ3v) is 2.67. The first-order chi connectivity index (χ1) is 5.83. The number of hydrogen-bond donors (Lipinski definition) is 0. The second-order valence-electron chi connectivity index (χ2n) is 2.38. The van der Waals surface area contributed by atoms with E-state index in [-0.39, 0.29) is 4.83 Å². The molecule has 0 spiro atoms. The van der Waals surface area contributed by atoms with Gasteiger partial charge in [-0.05, 0) is 12.1 Å². The Labute approximate surface area is 85.8 Å². The highest BCUT2D eigenvalue weighted by molar-refractivity contribution is 9.09. The zero-order chi connectivity index (χ0) is 8.81. The van der Waals surface area contributed by atoms with Gasteiger partial charge in [0.25, 0.3) is 0 Å². The fourth-order valence-corrected chi connectivity index (χ4v) is 0.969. The molecule has 0 radical (unpaired) electrons. The van der Waals surface area contributed by atoms with Crippen LogP contribution in [0.25, 0.3) is 0 Å². The molecule has 1 atom stereocenters. The molecule has 12 heavy (non-hydrogen) atoms. The smallest absolute Gasteiger partial charge is 0.119 e. The molecule has 0 saturated heterocycles. The molecule has 1 aromatic carbocycles. The van der Waals surface area contributed by atoms with Gasteiger partial charge in [0.15, 0.2) is 0 Å². The zero-order valence-corrected chi connectivity index (χ0v) is 8.88. The zero-order valence-electron chi connectivity index (χ0n) is 6.54. The van der Waals surface area contributed by atoms with Gasteiger partial charge in [-0.25, -0.2) is 0 Å². The van der Waals surface area contributed by atoms with Crippen molar-refractivity contribution in [3.8, 4) is 5.75 Å².